The third-order valence-corrected chi connectivity index (χ3v) is 7.87. The second-order valence-electron chi connectivity index (χ2n) is 2.53. The van der Waals surface area contributed by atoms with Crippen molar-refractivity contribution in [2.75, 3.05) is 0 Å². The Morgan fingerprint density at radius 2 is 1.25 bits per heavy atom. The summed E-state index contributed by atoms with van der Waals surface area (Å²) in [7, 11) is 0. The molecule has 0 spiro atoms. The molecule has 0 atom stereocenters. The van der Waals surface area contributed by atoms with Crippen LogP contribution in [0.4, 0.5) is 0 Å². The molecule has 0 fully saturated rings. The Morgan fingerprint density at radius 3 is 1.25 bits per heavy atom. The van der Waals surface area contributed by atoms with Gasteiger partial charge in [0.05, 0.1) is 0 Å². The predicted octanol–water partition coefficient (Wildman–Crippen LogP) is 3.60. The molecule has 0 N–H and O–H groups in total. The van der Waals surface area contributed by atoms with Crippen molar-refractivity contribution in [3.63, 3.8) is 0 Å². The van der Waals surface area contributed by atoms with Crippen molar-refractivity contribution in [1.29, 1.82) is 0 Å². The summed E-state index contributed by atoms with van der Waals surface area (Å²) in [5.41, 5.74) is 1.65. The van der Waals surface area contributed by atoms with Gasteiger partial charge in [0.25, 0.3) is 0 Å². The summed E-state index contributed by atoms with van der Waals surface area (Å²) in [6, 6.07) is 0. The molecule has 0 nitrogen and oxygen atoms in total. The average Bonchev–Trinajstić information content (AvgIpc) is 1.64. The van der Waals surface area contributed by atoms with Crippen molar-refractivity contribution in [2.24, 2.45) is 0 Å². The summed E-state index contributed by atoms with van der Waals surface area (Å²) >= 11 is 3.67. The van der Waals surface area contributed by atoms with E-state index in [1.54, 1.807) is 0 Å². The third kappa shape index (κ3) is 3.04. The van der Waals surface area contributed by atoms with Crippen LogP contribution in [0, 0.1) is 0 Å². The molecule has 0 bridgehead atoms. The molecular formula is C6H14BrP. The lowest BCUT2D eigenvalue weighted by atomic mass is 10.5. The van der Waals surface area contributed by atoms with E-state index in [9.17, 15) is 0 Å². The zero-order valence-electron chi connectivity index (χ0n) is 5.98. The normalized spacial score (nSPS) is 12.0. The van der Waals surface area contributed by atoms with Crippen LogP contribution in [0.2, 0.25) is 0 Å². The smallest absolute Gasteiger partial charge is 0.0165 e. The summed E-state index contributed by atoms with van der Waals surface area (Å²) in [6.45, 7) is 9.17. The Hall–Kier alpha value is 0.910. The van der Waals surface area contributed by atoms with Crippen LogP contribution in [0.15, 0.2) is 0 Å². The Labute approximate surface area is 61.5 Å². The molecule has 0 saturated carbocycles. The Morgan fingerprint density at radius 1 is 1.00 bits per heavy atom. The molecule has 0 aliphatic rings. The highest BCUT2D eigenvalue weighted by atomic mass is 79.9. The van der Waals surface area contributed by atoms with Crippen LogP contribution >= 0.6 is 22.1 Å². The van der Waals surface area contributed by atoms with Gasteiger partial charge >= 0.3 is 0 Å². The first-order valence-corrected chi connectivity index (χ1v) is 6.49. The van der Waals surface area contributed by atoms with Gasteiger partial charge in [-0.3, -0.25) is 0 Å². The SMILES string of the molecule is CC(C)P(Br)C(C)C. The second kappa shape index (κ2) is 3.85. The van der Waals surface area contributed by atoms with Gasteiger partial charge in [-0.2, -0.15) is 0 Å². The highest BCUT2D eigenvalue weighted by molar-refractivity contribution is 9.39. The van der Waals surface area contributed by atoms with E-state index in [2.05, 4.69) is 43.2 Å². The third-order valence-electron chi connectivity index (χ3n) is 0.987. The molecule has 0 aliphatic heterocycles. The lowest BCUT2D eigenvalue weighted by molar-refractivity contribution is 1.03. The molecular weight excluding hydrogens is 183 g/mol. The van der Waals surface area contributed by atoms with Crippen molar-refractivity contribution in [3.05, 3.63) is 0 Å². The summed E-state index contributed by atoms with van der Waals surface area (Å²) in [6.07, 6.45) is 0. The Balaban J connectivity index is 3.46. The summed E-state index contributed by atoms with van der Waals surface area (Å²) in [4.78, 5) is 0. The molecule has 0 radical (unpaired) electrons. The van der Waals surface area contributed by atoms with Crippen LogP contribution in [0.1, 0.15) is 27.7 Å². The van der Waals surface area contributed by atoms with E-state index >= 15 is 0 Å². The number of hydrogen-bond donors (Lipinski definition) is 0. The van der Waals surface area contributed by atoms with Crippen molar-refractivity contribution in [1.82, 2.24) is 0 Å². The van der Waals surface area contributed by atoms with Gasteiger partial charge < -0.3 is 0 Å². The van der Waals surface area contributed by atoms with Crippen molar-refractivity contribution in [3.8, 4) is 0 Å². The highest BCUT2D eigenvalue weighted by Crippen LogP contribution is 2.52. The number of rotatable bonds is 2. The van der Waals surface area contributed by atoms with E-state index < -0.39 is 0 Å². The van der Waals surface area contributed by atoms with Gasteiger partial charge in [-0.25, -0.2) is 0 Å². The minimum atomic E-state index is 0.114. The number of halogens is 1. The molecule has 0 saturated heterocycles. The minimum absolute atomic E-state index is 0.114. The molecule has 2 heteroatoms. The topological polar surface area (TPSA) is 0 Å². The van der Waals surface area contributed by atoms with Gasteiger partial charge in [-0.15, -0.1) is 0 Å². The van der Waals surface area contributed by atoms with E-state index in [4.69, 9.17) is 0 Å². The maximum atomic E-state index is 3.67. The molecule has 0 amide bonds. The first-order chi connectivity index (χ1) is 3.55. The second-order valence-corrected chi connectivity index (χ2v) is 7.74. The minimum Gasteiger partial charge on any atom is -0.0600 e. The maximum absolute atomic E-state index is 3.67. The van der Waals surface area contributed by atoms with E-state index in [1.807, 2.05) is 0 Å². The van der Waals surface area contributed by atoms with Crippen molar-refractivity contribution < 1.29 is 0 Å². The zero-order valence-corrected chi connectivity index (χ0v) is 8.46. The largest absolute Gasteiger partial charge is 0.0600 e. The Bertz CT molecular complexity index is 53.5. The first kappa shape index (κ1) is 8.91. The maximum Gasteiger partial charge on any atom is -0.0165 e. The van der Waals surface area contributed by atoms with Gasteiger partial charge in [0.1, 0.15) is 0 Å². The van der Waals surface area contributed by atoms with Gasteiger partial charge in [-0.05, 0) is 17.9 Å². The van der Waals surface area contributed by atoms with Crippen LogP contribution in [0.5, 0.6) is 0 Å². The summed E-state index contributed by atoms with van der Waals surface area (Å²) in [5, 5.41) is 0. The standard InChI is InChI=1S/C6H14BrP/c1-5(2)8(7)6(3)4/h5-6H,1-4H3. The molecule has 0 unspecified atom stereocenters. The Kier molecular flexibility index (Phi) is 4.28. The zero-order chi connectivity index (χ0) is 6.73. The highest BCUT2D eigenvalue weighted by Gasteiger charge is 2.11. The van der Waals surface area contributed by atoms with E-state index in [-0.39, 0.29) is 6.62 Å². The van der Waals surface area contributed by atoms with Gasteiger partial charge in [0, 0.05) is 0 Å². The molecule has 0 rings (SSSR count). The molecule has 0 aromatic carbocycles. The van der Waals surface area contributed by atoms with Gasteiger partial charge in [-0.1, -0.05) is 43.2 Å². The monoisotopic (exact) mass is 196 g/mol. The van der Waals surface area contributed by atoms with Crippen LogP contribution in [-0.2, 0) is 0 Å². The fraction of sp³-hybridized carbons (Fsp3) is 1.00. The van der Waals surface area contributed by atoms with Gasteiger partial charge in [0.15, 0.2) is 0 Å². The summed E-state index contributed by atoms with van der Waals surface area (Å²) in [5.74, 6) is 0. The number of hydrogen-bond acceptors (Lipinski definition) is 0. The van der Waals surface area contributed by atoms with Crippen LogP contribution in [0.25, 0.3) is 0 Å². The molecule has 0 aromatic heterocycles. The summed E-state index contributed by atoms with van der Waals surface area (Å²) < 4.78 is 0. The lowest BCUT2D eigenvalue weighted by Crippen LogP contribution is -1.96. The molecule has 0 aliphatic carbocycles. The lowest BCUT2D eigenvalue weighted by Gasteiger charge is -2.17. The first-order valence-electron chi connectivity index (χ1n) is 2.99. The van der Waals surface area contributed by atoms with Crippen molar-refractivity contribution in [2.45, 2.75) is 39.0 Å². The van der Waals surface area contributed by atoms with Crippen molar-refractivity contribution >= 4 is 22.1 Å². The van der Waals surface area contributed by atoms with Crippen LogP contribution < -0.4 is 0 Å². The fourth-order valence-electron chi connectivity index (χ4n) is 0.596. The van der Waals surface area contributed by atoms with E-state index in [1.165, 1.54) is 0 Å². The molecule has 8 heavy (non-hydrogen) atoms. The fourth-order valence-corrected chi connectivity index (χ4v) is 1.79. The quantitative estimate of drug-likeness (QED) is 0.593. The van der Waals surface area contributed by atoms with E-state index in [0.717, 1.165) is 11.3 Å². The predicted molar refractivity (Wildman–Crippen MR) is 46.1 cm³/mol. The molecule has 0 heterocycles. The van der Waals surface area contributed by atoms with E-state index in [0.29, 0.717) is 0 Å². The average molecular weight is 197 g/mol. The van der Waals surface area contributed by atoms with Crippen LogP contribution in [-0.4, -0.2) is 11.3 Å². The van der Waals surface area contributed by atoms with Crippen LogP contribution in [0.3, 0.4) is 0 Å². The molecule has 0 aromatic rings. The van der Waals surface area contributed by atoms with Gasteiger partial charge in [0.2, 0.25) is 0 Å². The molecule has 50 valence electrons.